The second-order valence-electron chi connectivity index (χ2n) is 2.31. The Morgan fingerprint density at radius 2 is 2.27 bits per heavy atom. The van der Waals surface area contributed by atoms with Gasteiger partial charge in [-0.05, 0) is 19.0 Å². The Labute approximate surface area is 68.6 Å². The Morgan fingerprint density at radius 1 is 1.55 bits per heavy atom. The van der Waals surface area contributed by atoms with Crippen LogP contribution in [0.3, 0.4) is 0 Å². The van der Waals surface area contributed by atoms with Gasteiger partial charge in [0, 0.05) is 6.54 Å². The Hall–Kier alpha value is -0.600. The zero-order chi connectivity index (χ0) is 8.53. The van der Waals surface area contributed by atoms with Crippen LogP contribution in [-0.4, -0.2) is 25.3 Å². The molecule has 0 saturated carbocycles. The van der Waals surface area contributed by atoms with Crippen LogP contribution in [0.5, 0.6) is 0 Å². The van der Waals surface area contributed by atoms with Crippen LogP contribution in [0.15, 0.2) is 23.8 Å². The van der Waals surface area contributed by atoms with E-state index in [1.165, 1.54) is 0 Å². The molecule has 0 spiro atoms. The maximum absolute atomic E-state index is 8.82. The molecule has 0 radical (unpaired) electrons. The van der Waals surface area contributed by atoms with Crippen LogP contribution >= 0.6 is 0 Å². The van der Waals surface area contributed by atoms with Crippen molar-refractivity contribution in [3.8, 4) is 0 Å². The SMILES string of the molecule is CC/C=C(\C=C/CNC)CO. The van der Waals surface area contributed by atoms with Crippen molar-refractivity contribution in [2.45, 2.75) is 13.3 Å². The first-order valence-electron chi connectivity index (χ1n) is 3.96. The van der Waals surface area contributed by atoms with Crippen LogP contribution in [0.1, 0.15) is 13.3 Å². The summed E-state index contributed by atoms with van der Waals surface area (Å²) in [5.74, 6) is 0. The van der Waals surface area contributed by atoms with E-state index in [2.05, 4.69) is 12.2 Å². The number of rotatable bonds is 5. The highest BCUT2D eigenvalue weighted by molar-refractivity contribution is 5.18. The molecule has 0 aliphatic heterocycles. The minimum absolute atomic E-state index is 0.133. The first kappa shape index (κ1) is 10.4. The predicted molar refractivity (Wildman–Crippen MR) is 48.5 cm³/mol. The van der Waals surface area contributed by atoms with Crippen LogP contribution in [0, 0.1) is 0 Å². The van der Waals surface area contributed by atoms with Crippen molar-refractivity contribution in [3.05, 3.63) is 23.8 Å². The first-order chi connectivity index (χ1) is 5.35. The summed E-state index contributed by atoms with van der Waals surface area (Å²) < 4.78 is 0. The minimum Gasteiger partial charge on any atom is -0.392 e. The normalized spacial score (nSPS) is 12.8. The van der Waals surface area contributed by atoms with Crippen molar-refractivity contribution in [2.24, 2.45) is 0 Å². The van der Waals surface area contributed by atoms with E-state index in [1.54, 1.807) is 0 Å². The van der Waals surface area contributed by atoms with E-state index in [0.717, 1.165) is 18.5 Å². The number of nitrogens with one attached hydrogen (secondary N) is 1. The molecule has 2 N–H and O–H groups in total. The van der Waals surface area contributed by atoms with Gasteiger partial charge in [0.25, 0.3) is 0 Å². The number of aliphatic hydroxyl groups is 1. The highest BCUT2D eigenvalue weighted by Crippen LogP contribution is 1.96. The van der Waals surface area contributed by atoms with Gasteiger partial charge in [-0.3, -0.25) is 0 Å². The summed E-state index contributed by atoms with van der Waals surface area (Å²) in [5, 5.41) is 11.8. The maximum atomic E-state index is 8.82. The van der Waals surface area contributed by atoms with Crippen LogP contribution in [0.2, 0.25) is 0 Å². The van der Waals surface area contributed by atoms with E-state index in [4.69, 9.17) is 5.11 Å². The molecule has 11 heavy (non-hydrogen) atoms. The van der Waals surface area contributed by atoms with Crippen LogP contribution in [-0.2, 0) is 0 Å². The van der Waals surface area contributed by atoms with Crippen LogP contribution in [0.4, 0.5) is 0 Å². The average Bonchev–Trinajstić information content (AvgIpc) is 2.03. The van der Waals surface area contributed by atoms with Crippen LogP contribution < -0.4 is 5.32 Å². The molecule has 0 aliphatic carbocycles. The zero-order valence-corrected chi connectivity index (χ0v) is 7.30. The van der Waals surface area contributed by atoms with Crippen molar-refractivity contribution < 1.29 is 5.11 Å². The van der Waals surface area contributed by atoms with Gasteiger partial charge >= 0.3 is 0 Å². The molecule has 2 nitrogen and oxygen atoms in total. The third-order valence-corrected chi connectivity index (χ3v) is 1.30. The summed E-state index contributed by atoms with van der Waals surface area (Å²) in [7, 11) is 1.90. The van der Waals surface area contributed by atoms with Crippen molar-refractivity contribution in [1.29, 1.82) is 0 Å². The third-order valence-electron chi connectivity index (χ3n) is 1.30. The fourth-order valence-electron chi connectivity index (χ4n) is 0.776. The Bertz CT molecular complexity index is 138. The standard InChI is InChI=1S/C9H17NO/c1-3-5-9(8-11)6-4-7-10-2/h4-6,10-11H,3,7-8H2,1-2H3/b6-4-,9-5+. The maximum Gasteiger partial charge on any atom is 0.0678 e. The lowest BCUT2D eigenvalue weighted by molar-refractivity contribution is 0.334. The van der Waals surface area contributed by atoms with Crippen molar-refractivity contribution >= 4 is 0 Å². The molecule has 0 bridgehead atoms. The second kappa shape index (κ2) is 7.51. The summed E-state index contributed by atoms with van der Waals surface area (Å²) in [4.78, 5) is 0. The average molecular weight is 155 g/mol. The van der Waals surface area contributed by atoms with Gasteiger partial charge in [0.05, 0.1) is 6.61 Å². The second-order valence-corrected chi connectivity index (χ2v) is 2.31. The molecule has 0 aromatic rings. The molecule has 0 saturated heterocycles. The van der Waals surface area contributed by atoms with Gasteiger partial charge in [-0.1, -0.05) is 25.2 Å². The van der Waals surface area contributed by atoms with E-state index in [1.807, 2.05) is 25.3 Å². The smallest absolute Gasteiger partial charge is 0.0678 e. The molecule has 0 aromatic heterocycles. The van der Waals surface area contributed by atoms with Gasteiger partial charge in [0.2, 0.25) is 0 Å². The van der Waals surface area contributed by atoms with Gasteiger partial charge in [-0.15, -0.1) is 0 Å². The molecule has 0 unspecified atom stereocenters. The van der Waals surface area contributed by atoms with Crippen molar-refractivity contribution in [2.75, 3.05) is 20.2 Å². The summed E-state index contributed by atoms with van der Waals surface area (Å²) in [6.45, 7) is 3.04. The molecular formula is C9H17NO. The first-order valence-corrected chi connectivity index (χ1v) is 3.96. The summed E-state index contributed by atoms with van der Waals surface area (Å²) in [5.41, 5.74) is 0.989. The predicted octanol–water partition coefficient (Wildman–Crippen LogP) is 1.09. The number of likely N-dealkylation sites (N-methyl/N-ethyl adjacent to an activating group) is 1. The van der Waals surface area contributed by atoms with Crippen LogP contribution in [0.25, 0.3) is 0 Å². The van der Waals surface area contributed by atoms with Crippen molar-refractivity contribution in [3.63, 3.8) is 0 Å². The molecule has 2 heteroatoms. The molecule has 0 heterocycles. The molecular weight excluding hydrogens is 138 g/mol. The lowest BCUT2D eigenvalue weighted by atomic mass is 10.2. The molecule has 0 aromatic carbocycles. The number of allylic oxidation sites excluding steroid dienone is 1. The molecule has 0 amide bonds. The summed E-state index contributed by atoms with van der Waals surface area (Å²) >= 11 is 0. The lowest BCUT2D eigenvalue weighted by Crippen LogP contribution is -2.04. The fourth-order valence-corrected chi connectivity index (χ4v) is 0.776. The number of hydrogen-bond donors (Lipinski definition) is 2. The molecule has 0 fully saturated rings. The molecule has 0 rings (SSSR count). The van der Waals surface area contributed by atoms with E-state index in [9.17, 15) is 0 Å². The van der Waals surface area contributed by atoms with E-state index < -0.39 is 0 Å². The highest BCUT2D eigenvalue weighted by Gasteiger charge is 1.85. The highest BCUT2D eigenvalue weighted by atomic mass is 16.3. The molecule has 0 aliphatic rings. The van der Waals surface area contributed by atoms with Gasteiger partial charge in [0.15, 0.2) is 0 Å². The largest absolute Gasteiger partial charge is 0.392 e. The van der Waals surface area contributed by atoms with Gasteiger partial charge in [-0.2, -0.15) is 0 Å². The molecule has 0 atom stereocenters. The number of hydrogen-bond acceptors (Lipinski definition) is 2. The lowest BCUT2D eigenvalue weighted by Gasteiger charge is -1.94. The monoisotopic (exact) mass is 155 g/mol. The molecule has 64 valence electrons. The van der Waals surface area contributed by atoms with Gasteiger partial charge in [0.1, 0.15) is 0 Å². The van der Waals surface area contributed by atoms with E-state index >= 15 is 0 Å². The zero-order valence-electron chi connectivity index (χ0n) is 7.30. The Kier molecular flexibility index (Phi) is 7.10. The van der Waals surface area contributed by atoms with Gasteiger partial charge in [-0.25, -0.2) is 0 Å². The number of aliphatic hydroxyl groups excluding tert-OH is 1. The third kappa shape index (κ3) is 5.83. The van der Waals surface area contributed by atoms with Crippen molar-refractivity contribution in [1.82, 2.24) is 5.32 Å². The fraction of sp³-hybridized carbons (Fsp3) is 0.556. The van der Waals surface area contributed by atoms with E-state index in [-0.39, 0.29) is 6.61 Å². The summed E-state index contributed by atoms with van der Waals surface area (Å²) in [6.07, 6.45) is 6.93. The van der Waals surface area contributed by atoms with E-state index in [0.29, 0.717) is 0 Å². The van der Waals surface area contributed by atoms with Gasteiger partial charge < -0.3 is 10.4 Å². The Balaban J connectivity index is 3.76. The topological polar surface area (TPSA) is 32.3 Å². The Morgan fingerprint density at radius 3 is 2.73 bits per heavy atom. The quantitative estimate of drug-likeness (QED) is 0.582. The summed E-state index contributed by atoms with van der Waals surface area (Å²) in [6, 6.07) is 0. The minimum atomic E-state index is 0.133.